The lowest BCUT2D eigenvalue weighted by Crippen LogP contribution is -2.21. The molecule has 16 heavy (non-hydrogen) atoms. The number of rotatable bonds is 1. The van der Waals surface area contributed by atoms with Crippen molar-refractivity contribution in [1.29, 1.82) is 0 Å². The Morgan fingerprint density at radius 1 is 1.38 bits per heavy atom. The average Bonchev–Trinajstić information content (AvgIpc) is 2.84. The molecule has 2 unspecified atom stereocenters. The van der Waals surface area contributed by atoms with Crippen molar-refractivity contribution in [3.05, 3.63) is 53.3 Å². The molecule has 0 saturated carbocycles. The highest BCUT2D eigenvalue weighted by Gasteiger charge is 2.30. The minimum absolute atomic E-state index is 0.0653. The van der Waals surface area contributed by atoms with E-state index >= 15 is 0 Å². The molecule has 0 bridgehead atoms. The second-order valence-electron chi connectivity index (χ2n) is 4.49. The van der Waals surface area contributed by atoms with Crippen molar-refractivity contribution in [2.24, 2.45) is 5.73 Å². The van der Waals surface area contributed by atoms with Gasteiger partial charge in [-0.2, -0.15) is 5.10 Å². The van der Waals surface area contributed by atoms with Gasteiger partial charge in [-0.05, 0) is 30.0 Å². The van der Waals surface area contributed by atoms with Crippen LogP contribution in [0.15, 0.2) is 36.7 Å². The van der Waals surface area contributed by atoms with E-state index in [9.17, 15) is 0 Å². The summed E-state index contributed by atoms with van der Waals surface area (Å²) in [6, 6.07) is 8.74. The van der Waals surface area contributed by atoms with Gasteiger partial charge in [0, 0.05) is 6.20 Å². The average molecular weight is 213 g/mol. The van der Waals surface area contributed by atoms with Gasteiger partial charge in [0.1, 0.15) is 0 Å². The van der Waals surface area contributed by atoms with Gasteiger partial charge in [-0.15, -0.1) is 0 Å². The van der Waals surface area contributed by atoms with Crippen molar-refractivity contribution in [2.45, 2.75) is 25.4 Å². The van der Waals surface area contributed by atoms with E-state index in [1.165, 1.54) is 16.7 Å². The monoisotopic (exact) mass is 213 g/mol. The minimum atomic E-state index is 0.0653. The van der Waals surface area contributed by atoms with Gasteiger partial charge in [-0.25, -0.2) is 0 Å². The first kappa shape index (κ1) is 9.60. The van der Waals surface area contributed by atoms with Crippen LogP contribution in [0.25, 0.3) is 0 Å². The largest absolute Gasteiger partial charge is 0.322 e. The highest BCUT2D eigenvalue weighted by atomic mass is 15.3. The van der Waals surface area contributed by atoms with Gasteiger partial charge in [-0.1, -0.05) is 24.3 Å². The topological polar surface area (TPSA) is 43.8 Å². The highest BCUT2D eigenvalue weighted by Crippen LogP contribution is 2.36. The zero-order chi connectivity index (χ0) is 11.1. The lowest BCUT2D eigenvalue weighted by molar-refractivity contribution is 0.410. The third kappa shape index (κ3) is 1.36. The zero-order valence-corrected chi connectivity index (χ0v) is 9.30. The number of nitrogens with two attached hydrogens (primary N) is 1. The van der Waals surface area contributed by atoms with E-state index in [1.54, 1.807) is 0 Å². The summed E-state index contributed by atoms with van der Waals surface area (Å²) in [6.45, 7) is 2.05. The van der Waals surface area contributed by atoms with E-state index in [4.69, 9.17) is 5.73 Å². The van der Waals surface area contributed by atoms with E-state index in [-0.39, 0.29) is 12.1 Å². The third-order valence-corrected chi connectivity index (χ3v) is 3.33. The van der Waals surface area contributed by atoms with Crippen LogP contribution in [0, 0.1) is 6.92 Å². The summed E-state index contributed by atoms with van der Waals surface area (Å²) >= 11 is 0. The third-order valence-electron chi connectivity index (χ3n) is 3.33. The van der Waals surface area contributed by atoms with Gasteiger partial charge in [0.15, 0.2) is 0 Å². The SMILES string of the molecule is Cc1cnn(C2Cc3ccccc3C2N)c1. The van der Waals surface area contributed by atoms with Crippen LogP contribution in [-0.2, 0) is 6.42 Å². The summed E-state index contributed by atoms with van der Waals surface area (Å²) in [6.07, 6.45) is 4.94. The Morgan fingerprint density at radius 3 is 2.88 bits per heavy atom. The molecule has 2 N–H and O–H groups in total. The molecule has 82 valence electrons. The maximum atomic E-state index is 6.27. The van der Waals surface area contributed by atoms with Crippen LogP contribution >= 0.6 is 0 Å². The molecule has 1 aromatic carbocycles. The molecule has 3 rings (SSSR count). The van der Waals surface area contributed by atoms with Crippen LogP contribution in [0.5, 0.6) is 0 Å². The Bertz CT molecular complexity index is 515. The number of aryl methyl sites for hydroxylation is 1. The molecule has 0 aliphatic heterocycles. The van der Waals surface area contributed by atoms with Crippen LogP contribution in [-0.4, -0.2) is 9.78 Å². The van der Waals surface area contributed by atoms with Crippen molar-refractivity contribution in [2.75, 3.05) is 0 Å². The summed E-state index contributed by atoms with van der Waals surface area (Å²) in [5.74, 6) is 0. The van der Waals surface area contributed by atoms with E-state index in [0.717, 1.165) is 6.42 Å². The normalized spacial score (nSPS) is 23.4. The molecule has 2 aromatic rings. The van der Waals surface area contributed by atoms with Crippen LogP contribution in [0.3, 0.4) is 0 Å². The molecule has 3 nitrogen and oxygen atoms in total. The summed E-state index contributed by atoms with van der Waals surface area (Å²) in [5, 5.41) is 4.37. The van der Waals surface area contributed by atoms with Crippen LogP contribution in [0.1, 0.15) is 28.8 Å². The zero-order valence-electron chi connectivity index (χ0n) is 9.30. The summed E-state index contributed by atoms with van der Waals surface area (Å²) in [7, 11) is 0. The van der Waals surface area contributed by atoms with Gasteiger partial charge in [0.25, 0.3) is 0 Å². The Hall–Kier alpha value is -1.61. The number of hydrogen-bond donors (Lipinski definition) is 1. The standard InChI is InChI=1S/C13H15N3/c1-9-7-15-16(8-9)12-6-10-4-2-3-5-11(10)13(12)14/h2-5,7-8,12-13H,6,14H2,1H3. The van der Waals surface area contributed by atoms with Gasteiger partial charge < -0.3 is 5.73 Å². The molecule has 1 aliphatic carbocycles. The van der Waals surface area contributed by atoms with Crippen LogP contribution in [0.2, 0.25) is 0 Å². The molecule has 1 heterocycles. The summed E-state index contributed by atoms with van der Waals surface area (Å²) in [4.78, 5) is 0. The smallest absolute Gasteiger partial charge is 0.0752 e. The Labute approximate surface area is 94.9 Å². The molecular weight excluding hydrogens is 198 g/mol. The number of hydrogen-bond acceptors (Lipinski definition) is 2. The first-order chi connectivity index (χ1) is 7.75. The minimum Gasteiger partial charge on any atom is -0.322 e. The van der Waals surface area contributed by atoms with Crippen molar-refractivity contribution in [1.82, 2.24) is 9.78 Å². The molecule has 1 aliphatic rings. The Kier molecular flexibility index (Phi) is 2.07. The Morgan fingerprint density at radius 2 is 2.19 bits per heavy atom. The van der Waals surface area contributed by atoms with Crippen molar-refractivity contribution in [3.8, 4) is 0 Å². The molecule has 3 heteroatoms. The molecule has 0 spiro atoms. The lowest BCUT2D eigenvalue weighted by atomic mass is 10.1. The second kappa shape index (κ2) is 3.46. The van der Waals surface area contributed by atoms with Gasteiger partial charge in [0.2, 0.25) is 0 Å². The quantitative estimate of drug-likeness (QED) is 0.787. The van der Waals surface area contributed by atoms with Crippen LogP contribution in [0.4, 0.5) is 0 Å². The summed E-state index contributed by atoms with van der Waals surface area (Å²) in [5.41, 5.74) is 10.1. The predicted molar refractivity (Wildman–Crippen MR) is 63.1 cm³/mol. The number of aromatic nitrogens is 2. The van der Waals surface area contributed by atoms with E-state index in [1.807, 2.05) is 10.9 Å². The molecule has 0 saturated heterocycles. The van der Waals surface area contributed by atoms with Gasteiger partial charge in [-0.3, -0.25) is 4.68 Å². The maximum Gasteiger partial charge on any atom is 0.0752 e. The van der Waals surface area contributed by atoms with Crippen molar-refractivity contribution in [3.63, 3.8) is 0 Å². The number of benzene rings is 1. The van der Waals surface area contributed by atoms with Gasteiger partial charge in [0.05, 0.1) is 18.3 Å². The lowest BCUT2D eigenvalue weighted by Gasteiger charge is -2.16. The molecule has 0 radical (unpaired) electrons. The van der Waals surface area contributed by atoms with E-state index in [2.05, 4.69) is 42.5 Å². The maximum absolute atomic E-state index is 6.27. The number of fused-ring (bicyclic) bond motifs is 1. The Balaban J connectivity index is 1.98. The number of nitrogens with zero attached hydrogens (tertiary/aromatic N) is 2. The molecular formula is C13H15N3. The van der Waals surface area contributed by atoms with E-state index < -0.39 is 0 Å². The highest BCUT2D eigenvalue weighted by molar-refractivity contribution is 5.36. The molecule has 2 atom stereocenters. The first-order valence-electron chi connectivity index (χ1n) is 5.60. The van der Waals surface area contributed by atoms with Crippen molar-refractivity contribution >= 4 is 0 Å². The molecule has 1 aromatic heterocycles. The van der Waals surface area contributed by atoms with Crippen molar-refractivity contribution < 1.29 is 0 Å². The van der Waals surface area contributed by atoms with Crippen LogP contribution < -0.4 is 5.73 Å². The fourth-order valence-electron chi connectivity index (χ4n) is 2.48. The second-order valence-corrected chi connectivity index (χ2v) is 4.49. The predicted octanol–water partition coefficient (Wildman–Crippen LogP) is 1.99. The first-order valence-corrected chi connectivity index (χ1v) is 5.60. The summed E-state index contributed by atoms with van der Waals surface area (Å²) < 4.78 is 2.00. The molecule has 0 fully saturated rings. The van der Waals surface area contributed by atoms with Gasteiger partial charge >= 0.3 is 0 Å². The fourth-order valence-corrected chi connectivity index (χ4v) is 2.48. The fraction of sp³-hybridized carbons (Fsp3) is 0.308. The molecule has 0 amide bonds. The van der Waals surface area contributed by atoms with E-state index in [0.29, 0.717) is 0 Å².